The van der Waals surface area contributed by atoms with Gasteiger partial charge in [-0.2, -0.15) is 0 Å². The van der Waals surface area contributed by atoms with Gasteiger partial charge in [-0.15, -0.1) is 0 Å². The predicted molar refractivity (Wildman–Crippen MR) is 84.5 cm³/mol. The van der Waals surface area contributed by atoms with Crippen LogP contribution in [0.5, 0.6) is 0 Å². The van der Waals surface area contributed by atoms with Crippen molar-refractivity contribution in [1.29, 1.82) is 0 Å². The van der Waals surface area contributed by atoms with Crippen molar-refractivity contribution in [3.63, 3.8) is 0 Å². The number of anilines is 1. The normalized spacial score (nSPS) is 18.9. The van der Waals surface area contributed by atoms with Crippen LogP contribution in [0.1, 0.15) is 45.0 Å². The van der Waals surface area contributed by atoms with Crippen molar-refractivity contribution in [2.24, 2.45) is 16.7 Å². The van der Waals surface area contributed by atoms with Gasteiger partial charge in [-0.3, -0.25) is 4.79 Å². The molecule has 2 N–H and O–H groups in total. The van der Waals surface area contributed by atoms with E-state index in [9.17, 15) is 9.59 Å². The molecule has 2 rings (SSSR count). The first-order valence-corrected chi connectivity index (χ1v) is 7.32. The molecule has 0 bridgehead atoms. The summed E-state index contributed by atoms with van der Waals surface area (Å²) in [4.78, 5) is 23.1. The first-order chi connectivity index (χ1) is 9.66. The summed E-state index contributed by atoms with van der Waals surface area (Å²) >= 11 is 0. The maximum Gasteiger partial charge on any atom is 0.319 e. The van der Waals surface area contributed by atoms with Crippen LogP contribution >= 0.6 is 0 Å². The van der Waals surface area contributed by atoms with E-state index < -0.39 is 0 Å². The third-order valence-corrected chi connectivity index (χ3v) is 5.34. The van der Waals surface area contributed by atoms with Crippen LogP contribution in [0.25, 0.3) is 0 Å². The average Bonchev–Trinajstić information content (AvgIpc) is 2.77. The van der Waals surface area contributed by atoms with Gasteiger partial charge in [0.05, 0.1) is 0 Å². The van der Waals surface area contributed by atoms with Gasteiger partial charge in [0, 0.05) is 17.8 Å². The molecule has 1 aromatic carbocycles. The molecule has 0 radical (unpaired) electrons. The molecular weight excluding hydrogens is 264 g/mol. The molecule has 0 saturated heterocycles. The first-order valence-electron chi connectivity index (χ1n) is 7.32. The number of hydrogen-bond acceptors (Lipinski definition) is 2. The monoisotopic (exact) mass is 288 g/mol. The Morgan fingerprint density at radius 2 is 1.57 bits per heavy atom. The zero-order valence-electron chi connectivity index (χ0n) is 13.4. The highest BCUT2D eigenvalue weighted by molar-refractivity contribution is 5.95. The Hall–Kier alpha value is -1.84. The molecule has 0 unspecified atom stereocenters. The quantitative estimate of drug-likeness (QED) is 0.830. The molecule has 0 aliphatic heterocycles. The van der Waals surface area contributed by atoms with E-state index in [0.29, 0.717) is 23.7 Å². The second-order valence-electron chi connectivity index (χ2n) is 6.96. The number of urea groups is 1. The van der Waals surface area contributed by atoms with E-state index in [4.69, 9.17) is 0 Å². The van der Waals surface area contributed by atoms with E-state index in [0.717, 1.165) is 0 Å². The Morgan fingerprint density at radius 1 is 1.05 bits per heavy atom. The summed E-state index contributed by atoms with van der Waals surface area (Å²) in [5, 5.41) is 5.71. The van der Waals surface area contributed by atoms with Crippen molar-refractivity contribution in [2.45, 2.75) is 34.6 Å². The van der Waals surface area contributed by atoms with Gasteiger partial charge in [-0.1, -0.05) is 27.7 Å². The van der Waals surface area contributed by atoms with E-state index >= 15 is 0 Å². The number of carbonyl (C=O) groups excluding carboxylic acids is 2. The minimum absolute atomic E-state index is 0.0178. The van der Waals surface area contributed by atoms with Crippen molar-refractivity contribution in [3.8, 4) is 0 Å². The number of hydrogen-bond donors (Lipinski definition) is 2. The Kier molecular flexibility index (Phi) is 3.83. The number of carbonyl (C=O) groups is 2. The molecule has 1 aromatic rings. The average molecular weight is 288 g/mol. The fourth-order valence-electron chi connectivity index (χ4n) is 3.00. The summed E-state index contributed by atoms with van der Waals surface area (Å²) in [7, 11) is 0. The second-order valence-corrected chi connectivity index (χ2v) is 6.96. The summed E-state index contributed by atoms with van der Waals surface area (Å²) in [5.41, 5.74) is 1.86. The van der Waals surface area contributed by atoms with Crippen molar-refractivity contribution in [1.82, 2.24) is 5.32 Å². The van der Waals surface area contributed by atoms with E-state index in [1.807, 2.05) is 0 Å². The SMILES string of the molecule is CC(=O)c1ccc(NC(=O)NCC2C(C)(C)C2(C)C)cc1. The van der Waals surface area contributed by atoms with Crippen LogP contribution in [0.4, 0.5) is 10.5 Å². The molecule has 1 fully saturated rings. The Bertz CT molecular complexity index is 545. The lowest BCUT2D eigenvalue weighted by atomic mass is 10.0. The summed E-state index contributed by atoms with van der Waals surface area (Å²) in [6.45, 7) is 11.1. The summed E-state index contributed by atoms with van der Waals surface area (Å²) in [6.07, 6.45) is 0. The zero-order chi connectivity index (χ0) is 15.8. The van der Waals surface area contributed by atoms with Crippen molar-refractivity contribution >= 4 is 17.5 Å². The number of nitrogens with one attached hydrogen (secondary N) is 2. The third kappa shape index (κ3) is 2.94. The topological polar surface area (TPSA) is 58.2 Å². The molecule has 0 aromatic heterocycles. The summed E-state index contributed by atoms with van der Waals surface area (Å²) in [5.74, 6) is 0.514. The fourth-order valence-corrected chi connectivity index (χ4v) is 3.00. The lowest BCUT2D eigenvalue weighted by Crippen LogP contribution is -2.31. The number of rotatable bonds is 4. The number of ketones is 1. The van der Waals surface area contributed by atoms with Gasteiger partial charge >= 0.3 is 6.03 Å². The summed E-state index contributed by atoms with van der Waals surface area (Å²) in [6, 6.07) is 6.70. The number of Topliss-reactive ketones (excluding diaryl/α,β-unsaturated/α-hetero) is 1. The van der Waals surface area contributed by atoms with Crippen LogP contribution in [-0.2, 0) is 0 Å². The minimum Gasteiger partial charge on any atom is -0.338 e. The van der Waals surface area contributed by atoms with Crippen LogP contribution < -0.4 is 10.6 Å². The second kappa shape index (κ2) is 5.17. The number of benzene rings is 1. The van der Waals surface area contributed by atoms with Crippen LogP contribution in [-0.4, -0.2) is 18.4 Å². The molecule has 4 nitrogen and oxygen atoms in total. The van der Waals surface area contributed by atoms with Crippen LogP contribution in [0, 0.1) is 16.7 Å². The van der Waals surface area contributed by atoms with Gasteiger partial charge in [0.2, 0.25) is 0 Å². The molecule has 1 aliphatic carbocycles. The van der Waals surface area contributed by atoms with Gasteiger partial charge in [0.1, 0.15) is 0 Å². The minimum atomic E-state index is -0.205. The summed E-state index contributed by atoms with van der Waals surface area (Å²) < 4.78 is 0. The molecule has 1 saturated carbocycles. The van der Waals surface area contributed by atoms with Crippen LogP contribution in [0.2, 0.25) is 0 Å². The number of amides is 2. The zero-order valence-corrected chi connectivity index (χ0v) is 13.4. The van der Waals surface area contributed by atoms with Gasteiger partial charge < -0.3 is 10.6 Å². The van der Waals surface area contributed by atoms with Gasteiger partial charge in [0.15, 0.2) is 5.78 Å². The highest BCUT2D eigenvalue weighted by Crippen LogP contribution is 2.67. The van der Waals surface area contributed by atoms with E-state index in [2.05, 4.69) is 38.3 Å². The molecule has 0 heterocycles. The van der Waals surface area contributed by atoms with Crippen molar-refractivity contribution < 1.29 is 9.59 Å². The van der Waals surface area contributed by atoms with Crippen LogP contribution in [0.15, 0.2) is 24.3 Å². The maximum absolute atomic E-state index is 11.9. The highest BCUT2D eigenvalue weighted by atomic mass is 16.2. The van der Waals surface area contributed by atoms with E-state index in [1.165, 1.54) is 6.92 Å². The molecule has 114 valence electrons. The van der Waals surface area contributed by atoms with E-state index in [-0.39, 0.29) is 22.6 Å². The van der Waals surface area contributed by atoms with Gasteiger partial charge in [0.25, 0.3) is 0 Å². The maximum atomic E-state index is 11.9. The van der Waals surface area contributed by atoms with Crippen LogP contribution in [0.3, 0.4) is 0 Å². The van der Waals surface area contributed by atoms with E-state index in [1.54, 1.807) is 24.3 Å². The smallest absolute Gasteiger partial charge is 0.319 e. The molecular formula is C17H24N2O2. The predicted octanol–water partition coefficient (Wildman–Crippen LogP) is 3.69. The van der Waals surface area contributed by atoms with Gasteiger partial charge in [-0.25, -0.2) is 4.79 Å². The molecule has 0 atom stereocenters. The lowest BCUT2D eigenvalue weighted by Gasteiger charge is -2.09. The van der Waals surface area contributed by atoms with Crippen molar-refractivity contribution in [3.05, 3.63) is 29.8 Å². The largest absolute Gasteiger partial charge is 0.338 e. The standard InChI is InChI=1S/C17H24N2O2/c1-11(20)12-6-8-13(9-7-12)19-15(21)18-10-14-16(2,3)17(14,4)5/h6-9,14H,10H2,1-5H3,(H2,18,19,21). The Morgan fingerprint density at radius 3 is 2.00 bits per heavy atom. The molecule has 1 aliphatic rings. The molecule has 21 heavy (non-hydrogen) atoms. The highest BCUT2D eigenvalue weighted by Gasteiger charge is 2.64. The molecule has 2 amide bonds. The molecule has 4 heteroatoms. The fraction of sp³-hybridized carbons (Fsp3) is 0.529. The molecule has 0 spiro atoms. The lowest BCUT2D eigenvalue weighted by molar-refractivity contribution is 0.101. The van der Waals surface area contributed by atoms with Crippen molar-refractivity contribution in [2.75, 3.05) is 11.9 Å². The first kappa shape index (κ1) is 15.5. The van der Waals surface area contributed by atoms with Gasteiger partial charge in [-0.05, 0) is 47.9 Å². The third-order valence-electron chi connectivity index (χ3n) is 5.34. The Balaban J connectivity index is 1.84. The Labute approximate surface area is 126 Å².